The van der Waals surface area contributed by atoms with Crippen LogP contribution in [0.2, 0.25) is 0 Å². The summed E-state index contributed by atoms with van der Waals surface area (Å²) in [7, 11) is 0. The molecule has 1 aliphatic heterocycles. The summed E-state index contributed by atoms with van der Waals surface area (Å²) in [6, 6.07) is 6.38. The van der Waals surface area contributed by atoms with E-state index >= 15 is 0 Å². The number of ether oxygens (including phenoxy) is 1. The van der Waals surface area contributed by atoms with Gasteiger partial charge in [0, 0.05) is 35.6 Å². The Kier molecular flexibility index (Phi) is 5.34. The Morgan fingerprint density at radius 2 is 2.00 bits per heavy atom. The number of rotatable bonds is 3. The van der Waals surface area contributed by atoms with Gasteiger partial charge in [0.2, 0.25) is 0 Å². The number of nitrogens with zero attached hydrogens (tertiary/aromatic N) is 2. The maximum Gasteiger partial charge on any atom is 0.257 e. The third-order valence-electron chi connectivity index (χ3n) is 3.93. The largest absolute Gasteiger partial charge is 0.372 e. The van der Waals surface area contributed by atoms with Crippen molar-refractivity contribution in [3.63, 3.8) is 0 Å². The highest BCUT2D eigenvalue weighted by Gasteiger charge is 2.24. The molecule has 0 unspecified atom stereocenters. The number of anilines is 2. The molecule has 1 amide bonds. The average Bonchev–Trinajstić information content (AvgIpc) is 2.54. The van der Waals surface area contributed by atoms with E-state index in [1.54, 1.807) is 24.4 Å². The minimum Gasteiger partial charge on any atom is -0.372 e. The van der Waals surface area contributed by atoms with Crippen molar-refractivity contribution >= 4 is 33.2 Å². The first-order valence-corrected chi connectivity index (χ1v) is 8.83. The fourth-order valence-electron chi connectivity index (χ4n) is 2.96. The number of amides is 1. The van der Waals surface area contributed by atoms with Crippen molar-refractivity contribution in [3.8, 4) is 0 Å². The van der Waals surface area contributed by atoms with E-state index in [-0.39, 0.29) is 23.9 Å². The molecule has 1 N–H and O–H groups in total. The van der Waals surface area contributed by atoms with Crippen LogP contribution in [0.5, 0.6) is 0 Å². The van der Waals surface area contributed by atoms with E-state index in [4.69, 9.17) is 4.74 Å². The van der Waals surface area contributed by atoms with Gasteiger partial charge in [-0.3, -0.25) is 9.78 Å². The van der Waals surface area contributed by atoms with Crippen molar-refractivity contribution < 1.29 is 13.9 Å². The van der Waals surface area contributed by atoms with Gasteiger partial charge in [-0.05, 0) is 54.0 Å². The summed E-state index contributed by atoms with van der Waals surface area (Å²) in [5.41, 5.74) is 1.32. The van der Waals surface area contributed by atoms with Gasteiger partial charge in [0.15, 0.2) is 0 Å². The van der Waals surface area contributed by atoms with E-state index in [1.807, 2.05) is 18.7 Å². The van der Waals surface area contributed by atoms with Crippen molar-refractivity contribution in [3.05, 3.63) is 52.5 Å². The molecule has 1 aliphatic rings. The summed E-state index contributed by atoms with van der Waals surface area (Å²) >= 11 is 3.27. The molecule has 7 heteroatoms. The zero-order chi connectivity index (χ0) is 18.0. The van der Waals surface area contributed by atoms with Crippen LogP contribution in [0.15, 0.2) is 41.1 Å². The quantitative estimate of drug-likeness (QED) is 0.839. The van der Waals surface area contributed by atoms with Gasteiger partial charge in [-0.25, -0.2) is 4.39 Å². The van der Waals surface area contributed by atoms with E-state index in [1.165, 1.54) is 12.3 Å². The SMILES string of the molecule is C[C@@H]1CN(c2ccc(NC(=O)c3cncc(Br)c3)cc2F)C[C@@H](C)O1. The molecule has 0 saturated carbocycles. The van der Waals surface area contributed by atoms with Crippen molar-refractivity contribution in [1.29, 1.82) is 0 Å². The number of benzene rings is 1. The van der Waals surface area contributed by atoms with E-state index in [9.17, 15) is 9.18 Å². The molecule has 2 atom stereocenters. The van der Waals surface area contributed by atoms with Crippen molar-refractivity contribution in [2.75, 3.05) is 23.3 Å². The average molecular weight is 408 g/mol. The predicted octanol–water partition coefficient (Wildman–Crippen LogP) is 3.85. The number of nitrogens with one attached hydrogen (secondary N) is 1. The molecule has 2 aromatic rings. The molecule has 0 radical (unpaired) electrons. The molecule has 1 aromatic carbocycles. The number of carbonyl (C=O) groups is 1. The Morgan fingerprint density at radius 1 is 1.28 bits per heavy atom. The first-order chi connectivity index (χ1) is 11.9. The van der Waals surface area contributed by atoms with Gasteiger partial charge in [-0.1, -0.05) is 0 Å². The maximum atomic E-state index is 14.6. The number of hydrogen-bond acceptors (Lipinski definition) is 4. The number of carbonyl (C=O) groups excluding carboxylic acids is 1. The van der Waals surface area contributed by atoms with Crippen LogP contribution in [0, 0.1) is 5.82 Å². The topological polar surface area (TPSA) is 54.5 Å². The van der Waals surface area contributed by atoms with Gasteiger partial charge >= 0.3 is 0 Å². The zero-order valence-corrected chi connectivity index (χ0v) is 15.6. The third kappa shape index (κ3) is 4.35. The summed E-state index contributed by atoms with van der Waals surface area (Å²) < 4.78 is 20.9. The second kappa shape index (κ2) is 7.49. The number of halogens is 2. The van der Waals surface area contributed by atoms with E-state index in [0.29, 0.717) is 34.5 Å². The summed E-state index contributed by atoms with van der Waals surface area (Å²) in [6.45, 7) is 5.22. The van der Waals surface area contributed by atoms with Crippen LogP contribution < -0.4 is 10.2 Å². The van der Waals surface area contributed by atoms with Crippen LogP contribution in [-0.4, -0.2) is 36.2 Å². The van der Waals surface area contributed by atoms with Gasteiger partial charge in [0.1, 0.15) is 5.82 Å². The fraction of sp³-hybridized carbons (Fsp3) is 0.333. The Hall–Kier alpha value is -1.99. The molecule has 1 fully saturated rings. The normalized spacial score (nSPS) is 20.4. The number of pyridine rings is 1. The first kappa shape index (κ1) is 17.8. The highest BCUT2D eigenvalue weighted by molar-refractivity contribution is 9.10. The molecule has 1 saturated heterocycles. The van der Waals surface area contributed by atoms with Crippen molar-refractivity contribution in [2.24, 2.45) is 0 Å². The Bertz CT molecular complexity index is 777. The number of hydrogen-bond donors (Lipinski definition) is 1. The van der Waals surface area contributed by atoms with E-state index < -0.39 is 0 Å². The first-order valence-electron chi connectivity index (χ1n) is 8.04. The summed E-state index contributed by atoms with van der Waals surface area (Å²) in [5.74, 6) is -0.707. The smallest absolute Gasteiger partial charge is 0.257 e. The molecule has 5 nitrogen and oxygen atoms in total. The number of morpholine rings is 1. The molecule has 0 bridgehead atoms. The molecule has 1 aromatic heterocycles. The molecule has 25 heavy (non-hydrogen) atoms. The van der Waals surface area contributed by atoms with Crippen LogP contribution >= 0.6 is 15.9 Å². The second-order valence-electron chi connectivity index (χ2n) is 6.17. The lowest BCUT2D eigenvalue weighted by molar-refractivity contribution is -0.00539. The Balaban J connectivity index is 1.74. The summed E-state index contributed by atoms with van der Waals surface area (Å²) in [6.07, 6.45) is 3.15. The monoisotopic (exact) mass is 407 g/mol. The third-order valence-corrected chi connectivity index (χ3v) is 4.37. The molecular formula is C18H19BrFN3O2. The molecular weight excluding hydrogens is 389 g/mol. The van der Waals surface area contributed by atoms with Crippen LogP contribution in [-0.2, 0) is 4.74 Å². The van der Waals surface area contributed by atoms with E-state index in [0.717, 1.165) is 0 Å². The van der Waals surface area contributed by atoms with E-state index in [2.05, 4.69) is 26.2 Å². The molecule has 2 heterocycles. The van der Waals surface area contributed by atoms with Gasteiger partial charge < -0.3 is 15.0 Å². The van der Waals surface area contributed by atoms with Crippen LogP contribution in [0.4, 0.5) is 15.8 Å². The van der Waals surface area contributed by atoms with Gasteiger partial charge in [0.05, 0.1) is 23.5 Å². The minimum atomic E-state index is -0.369. The molecule has 3 rings (SSSR count). The Labute approximate surface area is 154 Å². The summed E-state index contributed by atoms with van der Waals surface area (Å²) in [4.78, 5) is 18.2. The van der Waals surface area contributed by atoms with Crippen molar-refractivity contribution in [2.45, 2.75) is 26.1 Å². The minimum absolute atomic E-state index is 0.0477. The fourth-order valence-corrected chi connectivity index (χ4v) is 3.32. The lowest BCUT2D eigenvalue weighted by atomic mass is 10.1. The van der Waals surface area contributed by atoms with Gasteiger partial charge in [-0.15, -0.1) is 0 Å². The highest BCUT2D eigenvalue weighted by Crippen LogP contribution is 2.26. The lowest BCUT2D eigenvalue weighted by Crippen LogP contribution is -2.45. The van der Waals surface area contributed by atoms with Crippen LogP contribution in [0.3, 0.4) is 0 Å². The maximum absolute atomic E-state index is 14.6. The molecule has 0 aliphatic carbocycles. The van der Waals surface area contributed by atoms with Gasteiger partial charge in [-0.2, -0.15) is 0 Å². The second-order valence-corrected chi connectivity index (χ2v) is 7.09. The zero-order valence-electron chi connectivity index (χ0n) is 14.0. The molecule has 0 spiro atoms. The van der Waals surface area contributed by atoms with Crippen LogP contribution in [0.1, 0.15) is 24.2 Å². The number of aromatic nitrogens is 1. The van der Waals surface area contributed by atoms with Gasteiger partial charge in [0.25, 0.3) is 5.91 Å². The predicted molar refractivity (Wildman–Crippen MR) is 98.5 cm³/mol. The standard InChI is InChI=1S/C18H19BrFN3O2/c1-11-9-23(10-12(2)25-11)17-4-3-15(6-16(17)20)22-18(24)13-5-14(19)8-21-7-13/h3-8,11-12H,9-10H2,1-2H3,(H,22,24)/t11-,12-/m1/s1. The Morgan fingerprint density at radius 3 is 2.64 bits per heavy atom. The lowest BCUT2D eigenvalue weighted by Gasteiger charge is -2.37. The highest BCUT2D eigenvalue weighted by atomic mass is 79.9. The van der Waals surface area contributed by atoms with Crippen molar-refractivity contribution in [1.82, 2.24) is 4.98 Å². The van der Waals surface area contributed by atoms with Crippen LogP contribution in [0.25, 0.3) is 0 Å². The summed E-state index contributed by atoms with van der Waals surface area (Å²) in [5, 5.41) is 2.69. The molecule has 132 valence electrons.